The van der Waals surface area contributed by atoms with Crippen molar-refractivity contribution in [2.75, 3.05) is 13.7 Å². The van der Waals surface area contributed by atoms with Gasteiger partial charge in [0, 0.05) is 11.5 Å². The molecule has 102 valence electrons. The molecule has 1 aromatic rings. The molecule has 0 aliphatic heterocycles. The summed E-state index contributed by atoms with van der Waals surface area (Å²) in [7, 11) is 1.32. The van der Waals surface area contributed by atoms with Crippen LogP contribution >= 0.6 is 0 Å². The van der Waals surface area contributed by atoms with E-state index in [0.717, 1.165) is 5.56 Å². The molecule has 0 aliphatic rings. The van der Waals surface area contributed by atoms with Crippen molar-refractivity contribution in [3.8, 4) is 0 Å². The molecule has 0 bridgehead atoms. The van der Waals surface area contributed by atoms with Crippen molar-refractivity contribution >= 4 is 5.97 Å². The highest BCUT2D eigenvalue weighted by Gasteiger charge is 2.25. The molecule has 0 saturated carbocycles. The van der Waals surface area contributed by atoms with Gasteiger partial charge in [-0.25, -0.2) is 0 Å². The second-order valence-electron chi connectivity index (χ2n) is 3.83. The Hall–Kier alpha value is -2.04. The van der Waals surface area contributed by atoms with Gasteiger partial charge in [0.15, 0.2) is 0 Å². The van der Waals surface area contributed by atoms with Crippen LogP contribution in [0.5, 0.6) is 0 Å². The maximum atomic E-state index is 11.4. The number of rotatable bonds is 7. The van der Waals surface area contributed by atoms with E-state index in [9.17, 15) is 4.79 Å². The fraction of sp³-hybridized carbons (Fsp3) is 0.462. The number of azide groups is 1. The summed E-state index contributed by atoms with van der Waals surface area (Å²) < 4.78 is 10.2. The van der Waals surface area contributed by atoms with Crippen LogP contribution in [0.1, 0.15) is 24.9 Å². The first-order chi connectivity index (χ1) is 9.22. The van der Waals surface area contributed by atoms with E-state index in [2.05, 4.69) is 14.8 Å². The summed E-state index contributed by atoms with van der Waals surface area (Å²) in [5.74, 6) is -0.396. The van der Waals surface area contributed by atoms with Crippen LogP contribution in [0.25, 0.3) is 10.4 Å². The summed E-state index contributed by atoms with van der Waals surface area (Å²) in [4.78, 5) is 14.2. The maximum Gasteiger partial charge on any atom is 0.308 e. The van der Waals surface area contributed by atoms with Crippen LogP contribution in [0.15, 0.2) is 35.4 Å². The van der Waals surface area contributed by atoms with Crippen molar-refractivity contribution in [1.29, 1.82) is 0 Å². The Morgan fingerprint density at radius 2 is 2.11 bits per heavy atom. The van der Waals surface area contributed by atoms with Crippen molar-refractivity contribution in [1.82, 2.24) is 0 Å². The lowest BCUT2D eigenvalue weighted by Crippen LogP contribution is -2.25. The summed E-state index contributed by atoms with van der Waals surface area (Å²) in [5.41, 5.74) is 9.50. The number of benzene rings is 1. The smallest absolute Gasteiger partial charge is 0.308 e. The Kier molecular flexibility index (Phi) is 6.43. The molecule has 0 N–H and O–H groups in total. The zero-order chi connectivity index (χ0) is 14.1. The Bertz CT molecular complexity index is 444. The van der Waals surface area contributed by atoms with Crippen LogP contribution in [-0.2, 0) is 14.3 Å². The quantitative estimate of drug-likeness (QED) is 0.328. The van der Waals surface area contributed by atoms with Gasteiger partial charge in [-0.05, 0) is 18.0 Å². The molecule has 0 aromatic heterocycles. The van der Waals surface area contributed by atoms with Gasteiger partial charge in [-0.15, -0.1) is 0 Å². The van der Waals surface area contributed by atoms with Crippen LogP contribution in [0.3, 0.4) is 0 Å². The Morgan fingerprint density at radius 3 is 2.63 bits per heavy atom. The van der Waals surface area contributed by atoms with E-state index in [0.29, 0.717) is 6.61 Å². The highest BCUT2D eigenvalue weighted by molar-refractivity contribution is 5.70. The minimum Gasteiger partial charge on any atom is -0.469 e. The third-order valence-electron chi connectivity index (χ3n) is 2.65. The monoisotopic (exact) mass is 263 g/mol. The highest BCUT2D eigenvalue weighted by Crippen LogP contribution is 2.26. The number of hydrogen-bond donors (Lipinski definition) is 0. The van der Waals surface area contributed by atoms with Crippen LogP contribution < -0.4 is 0 Å². The van der Waals surface area contributed by atoms with E-state index >= 15 is 0 Å². The van der Waals surface area contributed by atoms with E-state index in [1.807, 2.05) is 37.3 Å². The lowest BCUT2D eigenvalue weighted by molar-refractivity contribution is -0.144. The van der Waals surface area contributed by atoms with Crippen molar-refractivity contribution < 1.29 is 14.3 Å². The highest BCUT2D eigenvalue weighted by atomic mass is 16.5. The molecular formula is C13H17N3O3. The van der Waals surface area contributed by atoms with E-state index in [4.69, 9.17) is 10.3 Å². The largest absolute Gasteiger partial charge is 0.469 e. The summed E-state index contributed by atoms with van der Waals surface area (Å²) in [6.45, 7) is 2.24. The van der Waals surface area contributed by atoms with Gasteiger partial charge in [0.25, 0.3) is 0 Å². The molecule has 0 spiro atoms. The number of ether oxygens (including phenoxy) is 2. The summed E-state index contributed by atoms with van der Waals surface area (Å²) in [5, 5.41) is 3.75. The van der Waals surface area contributed by atoms with Crippen molar-refractivity contribution in [2.45, 2.75) is 25.5 Å². The minimum absolute atomic E-state index is 0.0446. The summed E-state index contributed by atoms with van der Waals surface area (Å²) in [6, 6.07) is 8.68. The molecule has 0 amide bonds. The minimum atomic E-state index is -0.551. The molecule has 0 heterocycles. The number of carbonyl (C=O) groups excluding carboxylic acids is 1. The van der Waals surface area contributed by atoms with Crippen molar-refractivity contribution in [3.63, 3.8) is 0 Å². The average Bonchev–Trinajstić information content (AvgIpc) is 2.45. The van der Waals surface area contributed by atoms with Gasteiger partial charge in [-0.1, -0.05) is 35.4 Å². The topological polar surface area (TPSA) is 84.3 Å². The standard InChI is InChI=1S/C13H17N3O3/c1-3-19-11(9-12(17)18-2)13(15-16-14)10-7-5-4-6-8-10/h4-8,11,13H,3,9H2,1-2H3/t11-,13-/m1/s1. The molecule has 0 aliphatic carbocycles. The molecule has 6 nitrogen and oxygen atoms in total. The number of carbonyl (C=O) groups is 1. The number of esters is 1. The van der Waals surface area contributed by atoms with E-state index in [-0.39, 0.29) is 6.42 Å². The Morgan fingerprint density at radius 1 is 1.42 bits per heavy atom. The molecular weight excluding hydrogens is 246 g/mol. The first-order valence-electron chi connectivity index (χ1n) is 6.00. The van der Waals surface area contributed by atoms with Gasteiger partial charge in [0.2, 0.25) is 0 Å². The molecule has 0 saturated heterocycles. The normalized spacial score (nSPS) is 13.2. The number of hydrogen-bond acceptors (Lipinski definition) is 4. The number of nitrogens with zero attached hydrogens (tertiary/aromatic N) is 3. The lowest BCUT2D eigenvalue weighted by Gasteiger charge is -2.22. The van der Waals surface area contributed by atoms with Crippen molar-refractivity contribution in [3.05, 3.63) is 46.3 Å². The van der Waals surface area contributed by atoms with Gasteiger partial charge in [-0.3, -0.25) is 4.79 Å². The fourth-order valence-electron chi connectivity index (χ4n) is 1.78. The van der Waals surface area contributed by atoms with E-state index in [1.54, 1.807) is 0 Å². The second-order valence-corrected chi connectivity index (χ2v) is 3.83. The molecule has 1 aromatic carbocycles. The molecule has 2 atom stereocenters. The van der Waals surface area contributed by atoms with Crippen LogP contribution in [0.2, 0.25) is 0 Å². The predicted octanol–water partition coefficient (Wildman–Crippen LogP) is 3.01. The molecule has 19 heavy (non-hydrogen) atoms. The zero-order valence-corrected chi connectivity index (χ0v) is 11.0. The lowest BCUT2D eigenvalue weighted by atomic mass is 10.00. The number of methoxy groups -OCH3 is 1. The van der Waals surface area contributed by atoms with Crippen LogP contribution in [-0.4, -0.2) is 25.8 Å². The van der Waals surface area contributed by atoms with Crippen LogP contribution in [0.4, 0.5) is 0 Å². The summed E-state index contributed by atoms with van der Waals surface area (Å²) in [6.07, 6.45) is -0.487. The Balaban J connectivity index is 2.98. The molecule has 6 heteroatoms. The average molecular weight is 263 g/mol. The van der Waals surface area contributed by atoms with E-state index < -0.39 is 18.1 Å². The molecule has 0 unspecified atom stereocenters. The zero-order valence-electron chi connectivity index (χ0n) is 11.0. The Labute approximate surface area is 112 Å². The van der Waals surface area contributed by atoms with Gasteiger partial charge in [0.05, 0.1) is 25.7 Å². The van der Waals surface area contributed by atoms with Gasteiger partial charge in [-0.2, -0.15) is 0 Å². The van der Waals surface area contributed by atoms with E-state index in [1.165, 1.54) is 7.11 Å². The third-order valence-corrected chi connectivity index (χ3v) is 2.65. The SMILES string of the molecule is CCO[C@H](CC(=O)OC)[C@H](N=[N+]=[N-])c1ccccc1. The van der Waals surface area contributed by atoms with Gasteiger partial charge >= 0.3 is 5.97 Å². The van der Waals surface area contributed by atoms with Crippen molar-refractivity contribution in [2.24, 2.45) is 5.11 Å². The second kappa shape index (κ2) is 8.13. The molecule has 0 radical (unpaired) electrons. The van der Waals surface area contributed by atoms with Crippen LogP contribution in [0, 0.1) is 0 Å². The summed E-state index contributed by atoms with van der Waals surface area (Å²) >= 11 is 0. The third kappa shape index (κ3) is 4.62. The molecule has 1 rings (SSSR count). The molecule has 0 fully saturated rings. The predicted molar refractivity (Wildman–Crippen MR) is 70.4 cm³/mol. The maximum absolute atomic E-state index is 11.4. The first kappa shape index (κ1) is 15.0. The first-order valence-corrected chi connectivity index (χ1v) is 6.00. The van der Waals surface area contributed by atoms with Gasteiger partial charge in [0.1, 0.15) is 0 Å². The fourth-order valence-corrected chi connectivity index (χ4v) is 1.78. The van der Waals surface area contributed by atoms with Gasteiger partial charge < -0.3 is 9.47 Å².